The first-order valence-corrected chi connectivity index (χ1v) is 9.98. The normalized spacial score (nSPS) is 19.2. The summed E-state index contributed by atoms with van der Waals surface area (Å²) >= 11 is 0. The van der Waals surface area contributed by atoms with Crippen LogP contribution in [0.15, 0.2) is 29.3 Å². The summed E-state index contributed by atoms with van der Waals surface area (Å²) in [7, 11) is 1.81. The summed E-state index contributed by atoms with van der Waals surface area (Å²) in [4.78, 5) is 16.4. The van der Waals surface area contributed by atoms with Crippen LogP contribution in [0.4, 0.5) is 5.69 Å². The summed E-state index contributed by atoms with van der Waals surface area (Å²) < 4.78 is 0. The van der Waals surface area contributed by atoms with E-state index in [4.69, 9.17) is 0 Å². The molecule has 2 aliphatic rings. The zero-order chi connectivity index (χ0) is 18.4. The average molecular weight is 357 g/mol. The van der Waals surface area contributed by atoms with E-state index >= 15 is 0 Å². The van der Waals surface area contributed by atoms with Crippen molar-refractivity contribution < 1.29 is 4.79 Å². The van der Waals surface area contributed by atoms with Crippen molar-refractivity contribution >= 4 is 17.6 Å². The first kappa shape index (κ1) is 18.7. The summed E-state index contributed by atoms with van der Waals surface area (Å²) in [6.07, 6.45) is 8.42. The van der Waals surface area contributed by atoms with Crippen molar-refractivity contribution in [3.8, 4) is 0 Å². The molecule has 1 aromatic carbocycles. The molecule has 0 saturated heterocycles. The van der Waals surface area contributed by atoms with Gasteiger partial charge in [0.05, 0.1) is 0 Å². The lowest BCUT2D eigenvalue weighted by molar-refractivity contribution is -0.122. The molecule has 3 rings (SSSR count). The third kappa shape index (κ3) is 4.57. The van der Waals surface area contributed by atoms with Crippen molar-refractivity contribution in [3.63, 3.8) is 0 Å². The van der Waals surface area contributed by atoms with Crippen LogP contribution in [0.3, 0.4) is 0 Å². The van der Waals surface area contributed by atoms with E-state index in [2.05, 4.69) is 33.9 Å². The summed E-state index contributed by atoms with van der Waals surface area (Å²) in [6.45, 7) is 3.95. The summed E-state index contributed by atoms with van der Waals surface area (Å²) in [5, 5.41) is 9.90. The number of hydrogen-bond donors (Lipinski definition) is 3. The zero-order valence-electron chi connectivity index (χ0n) is 16.1. The highest BCUT2D eigenvalue weighted by Gasteiger charge is 2.34. The molecule has 0 heterocycles. The Hall–Kier alpha value is -2.04. The minimum atomic E-state index is 0.157. The van der Waals surface area contributed by atoms with Gasteiger partial charge in [-0.2, -0.15) is 0 Å². The molecule has 1 amide bonds. The highest BCUT2D eigenvalue weighted by Crippen LogP contribution is 2.42. The van der Waals surface area contributed by atoms with E-state index in [1.54, 1.807) is 0 Å². The van der Waals surface area contributed by atoms with Crippen LogP contribution in [-0.2, 0) is 11.3 Å². The van der Waals surface area contributed by atoms with Gasteiger partial charge in [-0.1, -0.05) is 31.9 Å². The maximum atomic E-state index is 12.1. The topological polar surface area (TPSA) is 65.5 Å². The van der Waals surface area contributed by atoms with Gasteiger partial charge in [-0.3, -0.25) is 9.79 Å². The zero-order valence-corrected chi connectivity index (χ0v) is 16.1. The quantitative estimate of drug-likeness (QED) is 0.516. The minimum absolute atomic E-state index is 0.157. The molecule has 5 nitrogen and oxygen atoms in total. The Kier molecular flexibility index (Phi) is 6.17. The predicted octanol–water partition coefficient (Wildman–Crippen LogP) is 3.67. The summed E-state index contributed by atoms with van der Waals surface area (Å²) in [5.74, 6) is 1.20. The Morgan fingerprint density at radius 2 is 2.04 bits per heavy atom. The van der Waals surface area contributed by atoms with Crippen molar-refractivity contribution in [1.29, 1.82) is 0 Å². The second-order valence-electron chi connectivity index (χ2n) is 7.80. The molecule has 142 valence electrons. The van der Waals surface area contributed by atoms with E-state index in [1.807, 2.05) is 25.2 Å². The van der Waals surface area contributed by atoms with Crippen LogP contribution in [0.5, 0.6) is 0 Å². The van der Waals surface area contributed by atoms with Gasteiger partial charge in [0, 0.05) is 31.7 Å². The van der Waals surface area contributed by atoms with Gasteiger partial charge in [-0.05, 0) is 55.2 Å². The molecular weight excluding hydrogens is 324 g/mol. The van der Waals surface area contributed by atoms with E-state index < -0.39 is 0 Å². The lowest BCUT2D eigenvalue weighted by Crippen LogP contribution is -2.46. The maximum absolute atomic E-state index is 12.1. The largest absolute Gasteiger partial charge is 0.356 e. The van der Waals surface area contributed by atoms with Crippen molar-refractivity contribution in [1.82, 2.24) is 10.6 Å². The molecule has 2 aliphatic carbocycles. The molecule has 0 unspecified atom stereocenters. The Labute approximate surface area is 157 Å². The van der Waals surface area contributed by atoms with Gasteiger partial charge in [0.1, 0.15) is 0 Å². The number of carbonyl (C=O) groups excluding carboxylic acids is 1. The Morgan fingerprint density at radius 1 is 1.23 bits per heavy atom. The number of aliphatic imine (C=N–C) groups is 1. The molecule has 0 aromatic heterocycles. The molecule has 0 aliphatic heterocycles. The highest BCUT2D eigenvalue weighted by molar-refractivity contribution is 5.93. The molecule has 1 aromatic rings. The minimum Gasteiger partial charge on any atom is -0.356 e. The van der Waals surface area contributed by atoms with Crippen LogP contribution < -0.4 is 16.0 Å². The first-order chi connectivity index (χ1) is 12.6. The monoisotopic (exact) mass is 356 g/mol. The van der Waals surface area contributed by atoms with Crippen LogP contribution in [0.1, 0.15) is 57.4 Å². The maximum Gasteiger partial charge on any atom is 0.227 e. The standard InChI is InChI=1S/C21H32N4O/c1-3-21(11-6-12-21)15-24-20(22-2)23-14-16-7-4-10-18(13-16)25-19(26)17-8-5-9-17/h4,7,10,13,17H,3,5-6,8-9,11-12,14-15H2,1-2H3,(H,25,26)(H2,22,23,24). The number of hydrogen-bond acceptors (Lipinski definition) is 2. The lowest BCUT2D eigenvalue weighted by Gasteiger charge is -2.41. The Morgan fingerprint density at radius 3 is 2.62 bits per heavy atom. The van der Waals surface area contributed by atoms with E-state index in [1.165, 1.54) is 32.1 Å². The van der Waals surface area contributed by atoms with Crippen molar-refractivity contribution in [2.75, 3.05) is 18.9 Å². The summed E-state index contributed by atoms with van der Waals surface area (Å²) in [5.41, 5.74) is 2.47. The van der Waals surface area contributed by atoms with Gasteiger partial charge in [0.15, 0.2) is 5.96 Å². The molecule has 26 heavy (non-hydrogen) atoms. The molecule has 2 saturated carbocycles. The number of anilines is 1. The van der Waals surface area contributed by atoms with E-state index in [0.29, 0.717) is 12.0 Å². The van der Waals surface area contributed by atoms with E-state index in [9.17, 15) is 4.79 Å². The fourth-order valence-corrected chi connectivity index (χ4v) is 3.68. The van der Waals surface area contributed by atoms with Gasteiger partial charge in [0.2, 0.25) is 5.91 Å². The SMILES string of the molecule is CCC1(CNC(=NC)NCc2cccc(NC(=O)C3CCC3)c2)CCC1. The number of guanidine groups is 1. The molecule has 0 bridgehead atoms. The first-order valence-electron chi connectivity index (χ1n) is 9.98. The molecule has 0 spiro atoms. The molecule has 0 radical (unpaired) electrons. The Bertz CT molecular complexity index is 642. The second kappa shape index (κ2) is 8.56. The van der Waals surface area contributed by atoms with Crippen LogP contribution in [0.25, 0.3) is 0 Å². The number of carbonyl (C=O) groups is 1. The van der Waals surface area contributed by atoms with Gasteiger partial charge >= 0.3 is 0 Å². The molecule has 3 N–H and O–H groups in total. The van der Waals surface area contributed by atoms with Crippen molar-refractivity contribution in [2.24, 2.45) is 16.3 Å². The molecular formula is C21H32N4O. The second-order valence-corrected chi connectivity index (χ2v) is 7.80. The Balaban J connectivity index is 1.48. The molecule has 0 atom stereocenters. The van der Waals surface area contributed by atoms with E-state index in [0.717, 1.165) is 36.6 Å². The smallest absolute Gasteiger partial charge is 0.227 e. The van der Waals surface area contributed by atoms with Gasteiger partial charge in [0.25, 0.3) is 0 Å². The summed E-state index contributed by atoms with van der Waals surface area (Å²) in [6, 6.07) is 8.05. The third-order valence-corrected chi connectivity index (χ3v) is 6.15. The van der Waals surface area contributed by atoms with Crippen LogP contribution in [0.2, 0.25) is 0 Å². The van der Waals surface area contributed by atoms with Crippen molar-refractivity contribution in [2.45, 2.75) is 58.4 Å². The number of nitrogens with one attached hydrogen (secondary N) is 3. The number of benzene rings is 1. The number of nitrogens with zero attached hydrogens (tertiary/aromatic N) is 1. The van der Waals surface area contributed by atoms with Gasteiger partial charge in [-0.25, -0.2) is 0 Å². The predicted molar refractivity (Wildman–Crippen MR) is 107 cm³/mol. The molecule has 5 heteroatoms. The van der Waals surface area contributed by atoms with Gasteiger partial charge < -0.3 is 16.0 Å². The number of amides is 1. The average Bonchev–Trinajstić information content (AvgIpc) is 2.55. The van der Waals surface area contributed by atoms with Crippen LogP contribution in [-0.4, -0.2) is 25.5 Å². The van der Waals surface area contributed by atoms with Crippen LogP contribution >= 0.6 is 0 Å². The van der Waals surface area contributed by atoms with Gasteiger partial charge in [-0.15, -0.1) is 0 Å². The van der Waals surface area contributed by atoms with Crippen molar-refractivity contribution in [3.05, 3.63) is 29.8 Å². The van der Waals surface area contributed by atoms with E-state index in [-0.39, 0.29) is 11.8 Å². The molecule has 2 fully saturated rings. The third-order valence-electron chi connectivity index (χ3n) is 6.15. The lowest BCUT2D eigenvalue weighted by atomic mass is 9.67. The highest BCUT2D eigenvalue weighted by atomic mass is 16.1. The fourth-order valence-electron chi connectivity index (χ4n) is 3.68. The number of rotatable bonds is 7. The van der Waals surface area contributed by atoms with Crippen LogP contribution in [0, 0.1) is 11.3 Å². The fraction of sp³-hybridized carbons (Fsp3) is 0.619.